The van der Waals surface area contributed by atoms with Crippen LogP contribution in [-0.2, 0) is 22.6 Å². The highest BCUT2D eigenvalue weighted by Gasteiger charge is 2.22. The summed E-state index contributed by atoms with van der Waals surface area (Å²) in [6.07, 6.45) is 7.66. The van der Waals surface area contributed by atoms with Crippen molar-refractivity contribution < 1.29 is 9.59 Å². The summed E-state index contributed by atoms with van der Waals surface area (Å²) in [6, 6.07) is 17.3. The number of anilines is 3. The highest BCUT2D eigenvalue weighted by molar-refractivity contribution is 7.07. The van der Waals surface area contributed by atoms with Gasteiger partial charge in [0.1, 0.15) is 15.3 Å². The summed E-state index contributed by atoms with van der Waals surface area (Å²) >= 11 is 1.04. The van der Waals surface area contributed by atoms with E-state index in [-0.39, 0.29) is 41.3 Å². The molecule has 2 aromatic carbocycles. The van der Waals surface area contributed by atoms with Crippen LogP contribution in [0.2, 0.25) is 0 Å². The molecule has 2 heterocycles. The minimum absolute atomic E-state index is 0.0229. The van der Waals surface area contributed by atoms with E-state index in [0.717, 1.165) is 30.0 Å². The number of rotatable bonds is 8. The third-order valence-electron chi connectivity index (χ3n) is 6.41. The van der Waals surface area contributed by atoms with E-state index in [1.807, 2.05) is 48.5 Å². The monoisotopic (exact) mass is 540 g/mol. The molecule has 9 nitrogen and oxygen atoms in total. The molecule has 1 aliphatic heterocycles. The smallest absolute Gasteiger partial charge is 0.270 e. The number of nitrogens with one attached hydrogen (secondary N) is 2. The number of amides is 2. The molecule has 0 aliphatic carbocycles. The number of para-hydroxylation sites is 1. The Hall–Kier alpha value is -4.80. The second-order valence-electron chi connectivity index (χ2n) is 8.79. The van der Waals surface area contributed by atoms with Crippen molar-refractivity contribution in [2.45, 2.75) is 19.9 Å². The van der Waals surface area contributed by atoms with Crippen LogP contribution in [0.15, 0.2) is 53.3 Å². The maximum absolute atomic E-state index is 13.1. The quantitative estimate of drug-likeness (QED) is 0.416. The molecular formula is C29H28N6O3S. The van der Waals surface area contributed by atoms with Gasteiger partial charge in [-0.15, -0.1) is 17.8 Å². The lowest BCUT2D eigenvalue weighted by molar-refractivity contribution is -0.117. The van der Waals surface area contributed by atoms with Gasteiger partial charge in [-0.2, -0.15) is 5.26 Å². The summed E-state index contributed by atoms with van der Waals surface area (Å²) in [5, 5.41) is 15.2. The highest BCUT2D eigenvalue weighted by Crippen LogP contribution is 2.27. The van der Waals surface area contributed by atoms with Crippen LogP contribution in [0.4, 0.5) is 17.1 Å². The first-order valence-corrected chi connectivity index (χ1v) is 13.2. The third-order valence-corrected chi connectivity index (χ3v) is 7.54. The van der Waals surface area contributed by atoms with Crippen LogP contribution in [-0.4, -0.2) is 43.1 Å². The molecule has 2 amide bonds. The zero-order chi connectivity index (χ0) is 27.9. The van der Waals surface area contributed by atoms with Crippen molar-refractivity contribution in [2.24, 2.45) is 0 Å². The maximum Gasteiger partial charge on any atom is 0.270 e. The number of hydrogen-bond acceptors (Lipinski definition) is 7. The number of terminal acetylenes is 1. The standard InChI is InChI=1S/C29H28N6O3S/c1-4-14-31-27(37)23(17-30)29-35(5-2)28(38)25(39-29)18-32-21-10-8-11-22(16-21)33(3)26(36)19-34-15-13-20-9-6-7-12-24(20)34/h1,6-12,16,18,32H,5,13-15,19H2,2-3H3,(H,31,37)/b25-18+,29-23-. The molecule has 198 valence electrons. The van der Waals surface area contributed by atoms with E-state index in [4.69, 9.17) is 6.42 Å². The van der Waals surface area contributed by atoms with E-state index in [2.05, 4.69) is 27.5 Å². The molecule has 0 unspecified atom stereocenters. The van der Waals surface area contributed by atoms with Crippen molar-refractivity contribution in [1.82, 2.24) is 9.88 Å². The lowest BCUT2D eigenvalue weighted by Gasteiger charge is -2.24. The molecule has 0 radical (unpaired) electrons. The largest absolute Gasteiger partial charge is 0.362 e. The number of carbonyl (C=O) groups is 2. The lowest BCUT2D eigenvalue weighted by atomic mass is 10.2. The van der Waals surface area contributed by atoms with E-state index >= 15 is 0 Å². The van der Waals surface area contributed by atoms with Gasteiger partial charge in [0.2, 0.25) is 5.91 Å². The fourth-order valence-electron chi connectivity index (χ4n) is 4.35. The maximum atomic E-state index is 13.1. The molecule has 0 atom stereocenters. The van der Waals surface area contributed by atoms with Gasteiger partial charge in [0.15, 0.2) is 5.57 Å². The van der Waals surface area contributed by atoms with Crippen molar-refractivity contribution in [3.05, 3.63) is 73.6 Å². The van der Waals surface area contributed by atoms with Crippen LogP contribution < -0.4 is 35.2 Å². The number of hydrogen-bond donors (Lipinski definition) is 2. The van der Waals surface area contributed by atoms with Crippen molar-refractivity contribution in [2.75, 3.05) is 41.8 Å². The molecule has 2 N–H and O–H groups in total. The second kappa shape index (κ2) is 12.2. The van der Waals surface area contributed by atoms with Crippen molar-refractivity contribution in [3.8, 4) is 18.4 Å². The molecular weight excluding hydrogens is 512 g/mol. The molecule has 4 rings (SSSR count). The van der Waals surface area contributed by atoms with Gasteiger partial charge in [0, 0.05) is 43.4 Å². The summed E-state index contributed by atoms with van der Waals surface area (Å²) in [7, 11) is 1.74. The Morgan fingerprint density at radius 3 is 2.77 bits per heavy atom. The Balaban J connectivity index is 1.55. The van der Waals surface area contributed by atoms with Crippen molar-refractivity contribution >= 4 is 52.0 Å². The topological polar surface area (TPSA) is 110 Å². The number of likely N-dealkylation sites (N-methyl/N-ethyl adjacent to an activating group) is 1. The van der Waals surface area contributed by atoms with E-state index in [0.29, 0.717) is 15.9 Å². The van der Waals surface area contributed by atoms with E-state index < -0.39 is 5.91 Å². The fourth-order valence-corrected chi connectivity index (χ4v) is 5.43. The first kappa shape index (κ1) is 27.2. The normalized spacial score (nSPS) is 13.2. The van der Waals surface area contributed by atoms with E-state index in [1.54, 1.807) is 25.1 Å². The third kappa shape index (κ3) is 5.87. The summed E-state index contributed by atoms with van der Waals surface area (Å²) in [6.45, 7) is 3.11. The SMILES string of the molecule is C#CCNC(=O)/C(C#N)=c1\s/c(=C/Nc2cccc(N(C)C(=O)CN3CCc4ccccc43)c2)c(=O)n1CC. The number of nitriles is 1. The molecule has 0 saturated heterocycles. The van der Waals surface area contributed by atoms with Crippen LogP contribution in [0.1, 0.15) is 12.5 Å². The van der Waals surface area contributed by atoms with E-state index in [9.17, 15) is 19.6 Å². The van der Waals surface area contributed by atoms with Crippen LogP contribution >= 0.6 is 11.3 Å². The van der Waals surface area contributed by atoms with Gasteiger partial charge in [-0.1, -0.05) is 30.2 Å². The number of nitrogens with zero attached hydrogens (tertiary/aromatic N) is 4. The Bertz CT molecular complexity index is 1670. The van der Waals surface area contributed by atoms with Gasteiger partial charge in [0.05, 0.1) is 13.1 Å². The molecule has 1 aliphatic rings. The van der Waals surface area contributed by atoms with Crippen LogP contribution in [0, 0.1) is 23.7 Å². The molecule has 0 spiro atoms. The van der Waals surface area contributed by atoms with Crippen LogP contribution in [0.5, 0.6) is 0 Å². The minimum Gasteiger partial charge on any atom is -0.362 e. The Labute approximate surface area is 230 Å². The number of fused-ring (bicyclic) bond motifs is 1. The van der Waals surface area contributed by atoms with E-state index in [1.165, 1.54) is 10.1 Å². The molecule has 10 heteroatoms. The van der Waals surface area contributed by atoms with Crippen LogP contribution in [0.3, 0.4) is 0 Å². The summed E-state index contributed by atoms with van der Waals surface area (Å²) in [5.74, 6) is 1.62. The number of benzene rings is 2. The van der Waals surface area contributed by atoms with Gasteiger partial charge in [-0.3, -0.25) is 19.0 Å². The van der Waals surface area contributed by atoms with Crippen molar-refractivity contribution in [1.29, 1.82) is 5.26 Å². The first-order chi connectivity index (χ1) is 18.9. The number of carbonyl (C=O) groups excluding carboxylic acids is 2. The van der Waals surface area contributed by atoms with Gasteiger partial charge >= 0.3 is 0 Å². The Morgan fingerprint density at radius 1 is 1.23 bits per heavy atom. The Morgan fingerprint density at radius 2 is 2.03 bits per heavy atom. The minimum atomic E-state index is -0.628. The average Bonchev–Trinajstić information content (AvgIpc) is 3.50. The molecule has 0 fully saturated rings. The second-order valence-corrected chi connectivity index (χ2v) is 9.82. The summed E-state index contributed by atoms with van der Waals surface area (Å²) in [5.41, 5.74) is 3.23. The van der Waals surface area contributed by atoms with Gasteiger partial charge in [0.25, 0.3) is 11.5 Å². The molecule has 39 heavy (non-hydrogen) atoms. The molecule has 3 aromatic rings. The highest BCUT2D eigenvalue weighted by atomic mass is 32.1. The lowest BCUT2D eigenvalue weighted by Crippen LogP contribution is -2.37. The number of aromatic nitrogens is 1. The zero-order valence-electron chi connectivity index (χ0n) is 21.7. The number of thiazole rings is 1. The average molecular weight is 541 g/mol. The van der Waals surface area contributed by atoms with Gasteiger partial charge in [-0.05, 0) is 43.2 Å². The molecule has 0 saturated carbocycles. The zero-order valence-corrected chi connectivity index (χ0v) is 22.5. The summed E-state index contributed by atoms with van der Waals surface area (Å²) in [4.78, 5) is 42.1. The molecule has 0 bridgehead atoms. The predicted molar refractivity (Wildman–Crippen MR) is 155 cm³/mol. The predicted octanol–water partition coefficient (Wildman–Crippen LogP) is 1.23. The first-order valence-electron chi connectivity index (χ1n) is 12.4. The Kier molecular flexibility index (Phi) is 8.50. The fraction of sp³-hybridized carbons (Fsp3) is 0.241. The van der Waals surface area contributed by atoms with Gasteiger partial charge in [-0.25, -0.2) is 0 Å². The van der Waals surface area contributed by atoms with Crippen LogP contribution in [0.25, 0.3) is 11.8 Å². The molecule has 1 aromatic heterocycles. The summed E-state index contributed by atoms with van der Waals surface area (Å²) < 4.78 is 1.97. The van der Waals surface area contributed by atoms with Crippen molar-refractivity contribution in [3.63, 3.8) is 0 Å². The van der Waals surface area contributed by atoms with Gasteiger partial charge < -0.3 is 20.4 Å².